The molecular formula is C18H14BrNO2. The number of nitrogens with zero attached hydrogens (tertiary/aromatic N) is 1. The van der Waals surface area contributed by atoms with Crippen LogP contribution in [0.3, 0.4) is 0 Å². The van der Waals surface area contributed by atoms with Crippen molar-refractivity contribution in [1.82, 2.24) is 4.98 Å². The summed E-state index contributed by atoms with van der Waals surface area (Å²) in [6.45, 7) is 2.10. The molecule has 3 nitrogen and oxygen atoms in total. The zero-order chi connectivity index (χ0) is 15.7. The van der Waals surface area contributed by atoms with Gasteiger partial charge in [0.05, 0.1) is 16.8 Å². The molecule has 0 aliphatic rings. The van der Waals surface area contributed by atoms with E-state index in [-0.39, 0.29) is 5.56 Å². The first-order valence-electron chi connectivity index (χ1n) is 7.02. The molecule has 0 spiro atoms. The lowest BCUT2D eigenvalue weighted by Gasteiger charge is -2.09. The van der Waals surface area contributed by atoms with Crippen LogP contribution >= 0.6 is 15.9 Å². The van der Waals surface area contributed by atoms with E-state index in [1.54, 1.807) is 12.1 Å². The summed E-state index contributed by atoms with van der Waals surface area (Å²) in [7, 11) is 0. The Kier molecular flexibility index (Phi) is 3.94. The Morgan fingerprint density at radius 3 is 2.55 bits per heavy atom. The number of benzene rings is 2. The number of aromatic nitrogens is 1. The summed E-state index contributed by atoms with van der Waals surface area (Å²) in [4.78, 5) is 16.2. The molecule has 0 atom stereocenters. The Balaban J connectivity index is 2.25. The van der Waals surface area contributed by atoms with E-state index >= 15 is 0 Å². The number of halogens is 1. The Hall–Kier alpha value is -2.20. The maximum atomic E-state index is 11.6. The minimum absolute atomic E-state index is 0.265. The van der Waals surface area contributed by atoms with Gasteiger partial charge in [-0.2, -0.15) is 0 Å². The molecule has 4 heteroatoms. The first-order valence-corrected chi connectivity index (χ1v) is 7.81. The topological polar surface area (TPSA) is 50.2 Å². The summed E-state index contributed by atoms with van der Waals surface area (Å²) in [6, 6.07) is 15.1. The van der Waals surface area contributed by atoms with E-state index in [2.05, 4.69) is 27.8 Å². The molecule has 1 heterocycles. The summed E-state index contributed by atoms with van der Waals surface area (Å²) in [5.41, 5.74) is 3.75. The molecule has 0 saturated heterocycles. The number of carboxylic acid groups (broad SMARTS) is 1. The summed E-state index contributed by atoms with van der Waals surface area (Å²) < 4.78 is 0.791. The molecule has 110 valence electrons. The molecule has 0 aliphatic carbocycles. The Morgan fingerprint density at radius 1 is 1.18 bits per heavy atom. The van der Waals surface area contributed by atoms with Crippen LogP contribution in [0, 0.1) is 0 Å². The van der Waals surface area contributed by atoms with Gasteiger partial charge in [0.15, 0.2) is 0 Å². The fourth-order valence-corrected chi connectivity index (χ4v) is 2.90. The molecule has 0 unspecified atom stereocenters. The van der Waals surface area contributed by atoms with Crippen molar-refractivity contribution in [2.45, 2.75) is 13.3 Å². The van der Waals surface area contributed by atoms with Gasteiger partial charge >= 0.3 is 5.97 Å². The molecule has 0 saturated carbocycles. The van der Waals surface area contributed by atoms with Crippen LogP contribution in [0.2, 0.25) is 0 Å². The number of rotatable bonds is 3. The van der Waals surface area contributed by atoms with Crippen LogP contribution in [0.5, 0.6) is 0 Å². The lowest BCUT2D eigenvalue weighted by atomic mass is 10.0. The van der Waals surface area contributed by atoms with Gasteiger partial charge in [0, 0.05) is 15.4 Å². The zero-order valence-electron chi connectivity index (χ0n) is 12.0. The van der Waals surface area contributed by atoms with Crippen LogP contribution in [0.1, 0.15) is 22.8 Å². The van der Waals surface area contributed by atoms with Crippen molar-refractivity contribution >= 4 is 32.8 Å². The largest absolute Gasteiger partial charge is 0.478 e. The van der Waals surface area contributed by atoms with Crippen molar-refractivity contribution < 1.29 is 9.90 Å². The van der Waals surface area contributed by atoms with Gasteiger partial charge in [0.2, 0.25) is 0 Å². The highest BCUT2D eigenvalue weighted by Gasteiger charge is 2.14. The van der Waals surface area contributed by atoms with Gasteiger partial charge in [-0.15, -0.1) is 0 Å². The third-order valence-electron chi connectivity index (χ3n) is 3.68. The fraction of sp³-hybridized carbons (Fsp3) is 0.111. The first kappa shape index (κ1) is 14.7. The SMILES string of the molecule is CCc1ccc(-c2cc(C(=O)O)c3cccc(Br)c3n2)cc1. The second kappa shape index (κ2) is 5.89. The average molecular weight is 356 g/mol. The van der Waals surface area contributed by atoms with E-state index < -0.39 is 5.97 Å². The third kappa shape index (κ3) is 2.62. The minimum atomic E-state index is -0.947. The van der Waals surface area contributed by atoms with Crippen LogP contribution in [0.15, 0.2) is 53.0 Å². The molecule has 0 radical (unpaired) electrons. The molecule has 22 heavy (non-hydrogen) atoms. The van der Waals surface area contributed by atoms with E-state index in [1.807, 2.05) is 36.4 Å². The number of para-hydroxylation sites is 1. The van der Waals surface area contributed by atoms with E-state index in [0.29, 0.717) is 16.6 Å². The smallest absolute Gasteiger partial charge is 0.336 e. The summed E-state index contributed by atoms with van der Waals surface area (Å²) in [5, 5.41) is 10.1. The highest BCUT2D eigenvalue weighted by atomic mass is 79.9. The van der Waals surface area contributed by atoms with E-state index in [9.17, 15) is 9.90 Å². The van der Waals surface area contributed by atoms with E-state index in [0.717, 1.165) is 16.5 Å². The molecule has 0 fully saturated rings. The van der Waals surface area contributed by atoms with Gasteiger partial charge < -0.3 is 5.11 Å². The molecule has 0 amide bonds. The Bertz CT molecular complexity index is 857. The molecule has 1 N–H and O–H groups in total. The van der Waals surface area contributed by atoms with Gasteiger partial charge in [0.1, 0.15) is 0 Å². The highest BCUT2D eigenvalue weighted by Crippen LogP contribution is 2.29. The standard InChI is InChI=1S/C18H14BrNO2/c1-2-11-6-8-12(9-7-11)16-10-14(18(21)22)13-4-3-5-15(19)17(13)20-16/h3-10H,2H2,1H3,(H,21,22). The lowest BCUT2D eigenvalue weighted by molar-refractivity contribution is 0.0699. The number of hydrogen-bond acceptors (Lipinski definition) is 2. The number of pyridine rings is 1. The molecule has 0 aliphatic heterocycles. The number of aryl methyl sites for hydroxylation is 1. The molecule has 1 aromatic heterocycles. The quantitative estimate of drug-likeness (QED) is 0.724. The molecule has 2 aromatic carbocycles. The zero-order valence-corrected chi connectivity index (χ0v) is 13.6. The summed E-state index contributed by atoms with van der Waals surface area (Å²) in [6.07, 6.45) is 0.970. The van der Waals surface area contributed by atoms with Crippen molar-refractivity contribution in [3.8, 4) is 11.3 Å². The number of carboxylic acids is 1. The van der Waals surface area contributed by atoms with Crippen LogP contribution in [-0.2, 0) is 6.42 Å². The van der Waals surface area contributed by atoms with Crippen molar-refractivity contribution in [2.24, 2.45) is 0 Å². The maximum absolute atomic E-state index is 11.6. The molecule has 3 aromatic rings. The third-order valence-corrected chi connectivity index (χ3v) is 4.32. The minimum Gasteiger partial charge on any atom is -0.478 e. The molecular weight excluding hydrogens is 342 g/mol. The van der Waals surface area contributed by atoms with Gasteiger partial charge in [-0.3, -0.25) is 0 Å². The van der Waals surface area contributed by atoms with Crippen LogP contribution in [-0.4, -0.2) is 16.1 Å². The van der Waals surface area contributed by atoms with Crippen molar-refractivity contribution in [2.75, 3.05) is 0 Å². The van der Waals surface area contributed by atoms with E-state index in [4.69, 9.17) is 0 Å². The second-order valence-electron chi connectivity index (χ2n) is 5.05. The average Bonchev–Trinajstić information content (AvgIpc) is 2.54. The van der Waals surface area contributed by atoms with Crippen LogP contribution in [0.4, 0.5) is 0 Å². The predicted octanol–water partition coefficient (Wildman–Crippen LogP) is 4.92. The van der Waals surface area contributed by atoms with Crippen LogP contribution < -0.4 is 0 Å². The maximum Gasteiger partial charge on any atom is 0.336 e. The van der Waals surface area contributed by atoms with Gasteiger partial charge in [0.25, 0.3) is 0 Å². The fourth-order valence-electron chi connectivity index (χ4n) is 2.45. The number of fused-ring (bicyclic) bond motifs is 1. The Labute approximate surface area is 136 Å². The van der Waals surface area contributed by atoms with E-state index in [1.165, 1.54) is 5.56 Å². The van der Waals surface area contributed by atoms with Crippen molar-refractivity contribution in [3.63, 3.8) is 0 Å². The van der Waals surface area contributed by atoms with Gasteiger partial charge in [-0.1, -0.05) is 43.3 Å². The first-order chi connectivity index (χ1) is 10.6. The monoisotopic (exact) mass is 355 g/mol. The normalized spacial score (nSPS) is 10.8. The number of carbonyl (C=O) groups is 1. The Morgan fingerprint density at radius 2 is 1.91 bits per heavy atom. The van der Waals surface area contributed by atoms with Crippen LogP contribution in [0.25, 0.3) is 22.2 Å². The number of hydrogen-bond donors (Lipinski definition) is 1. The second-order valence-corrected chi connectivity index (χ2v) is 5.90. The predicted molar refractivity (Wildman–Crippen MR) is 91.2 cm³/mol. The van der Waals surface area contributed by atoms with Crippen molar-refractivity contribution in [1.29, 1.82) is 0 Å². The molecule has 0 bridgehead atoms. The molecule has 3 rings (SSSR count). The van der Waals surface area contributed by atoms with Crippen molar-refractivity contribution in [3.05, 3.63) is 64.1 Å². The summed E-state index contributed by atoms with van der Waals surface area (Å²) in [5.74, 6) is -0.947. The number of aromatic carboxylic acids is 1. The van der Waals surface area contributed by atoms with Gasteiger partial charge in [-0.25, -0.2) is 9.78 Å². The van der Waals surface area contributed by atoms with Gasteiger partial charge in [-0.05, 0) is 40.0 Å². The highest BCUT2D eigenvalue weighted by molar-refractivity contribution is 9.10. The summed E-state index contributed by atoms with van der Waals surface area (Å²) >= 11 is 3.45. The lowest BCUT2D eigenvalue weighted by Crippen LogP contribution is -2.00.